The summed E-state index contributed by atoms with van der Waals surface area (Å²) in [6.45, 7) is 3.06. The number of piperidine rings is 1. The number of esters is 1. The van der Waals surface area contributed by atoms with Crippen LogP contribution in [0.1, 0.15) is 36.2 Å². The second kappa shape index (κ2) is 7.89. The number of quaternary nitrogens is 1. The van der Waals surface area contributed by atoms with Crippen LogP contribution in [0.4, 0.5) is 5.69 Å². The summed E-state index contributed by atoms with van der Waals surface area (Å²) >= 11 is 6.07. The van der Waals surface area contributed by atoms with Gasteiger partial charge in [-0.25, -0.2) is 4.79 Å². The van der Waals surface area contributed by atoms with Crippen molar-refractivity contribution in [2.45, 2.75) is 25.7 Å². The second-order valence-corrected chi connectivity index (χ2v) is 6.85. The fourth-order valence-corrected chi connectivity index (χ4v) is 3.52. The number of methoxy groups -OCH3 is 1. The Labute approximate surface area is 151 Å². The van der Waals surface area contributed by atoms with E-state index in [-0.39, 0.29) is 11.6 Å². The monoisotopic (exact) mass is 364 g/mol. The third-order valence-electron chi connectivity index (χ3n) is 4.68. The highest BCUT2D eigenvalue weighted by Gasteiger charge is 2.21. The van der Waals surface area contributed by atoms with Crippen molar-refractivity contribution >= 4 is 40.1 Å². The Hall–Kier alpha value is -2.05. The number of anilines is 1. The molecule has 1 aromatic heterocycles. The van der Waals surface area contributed by atoms with Gasteiger partial charge in [0.25, 0.3) is 0 Å². The van der Waals surface area contributed by atoms with Gasteiger partial charge in [0, 0.05) is 15.9 Å². The number of benzene rings is 1. The van der Waals surface area contributed by atoms with Crippen LogP contribution in [-0.4, -0.2) is 43.6 Å². The number of amides is 1. The number of aromatic amines is 1. The quantitative estimate of drug-likeness (QED) is 0.710. The van der Waals surface area contributed by atoms with Crippen LogP contribution >= 0.6 is 11.6 Å². The minimum atomic E-state index is -0.524. The number of rotatable bonds is 5. The first-order valence-electron chi connectivity index (χ1n) is 8.61. The van der Waals surface area contributed by atoms with Crippen LogP contribution in [0.5, 0.6) is 0 Å². The first-order chi connectivity index (χ1) is 12.1. The van der Waals surface area contributed by atoms with Crippen molar-refractivity contribution in [3.63, 3.8) is 0 Å². The van der Waals surface area contributed by atoms with E-state index in [0.717, 1.165) is 25.2 Å². The minimum Gasteiger partial charge on any atom is -0.464 e. The largest absolute Gasteiger partial charge is 0.464 e. The standard InChI is InChI=1S/C18H22ClN3O3/c1-25-18(24)17-16(13-11-12(19)5-6-14(13)20-17)21-15(23)7-10-22-8-3-2-4-9-22/h5-6,11,20H,2-4,7-10H2,1H3,(H,21,23)/p+1. The Bertz CT molecular complexity index is 781. The average Bonchev–Trinajstić information content (AvgIpc) is 2.98. The van der Waals surface area contributed by atoms with Gasteiger partial charge in [-0.2, -0.15) is 0 Å². The summed E-state index contributed by atoms with van der Waals surface area (Å²) in [5.41, 5.74) is 1.39. The number of H-pyrrole nitrogens is 1. The molecule has 25 heavy (non-hydrogen) atoms. The van der Waals surface area contributed by atoms with Gasteiger partial charge in [-0.3, -0.25) is 4.79 Å². The van der Waals surface area contributed by atoms with Crippen LogP contribution in [0.2, 0.25) is 5.02 Å². The van der Waals surface area contributed by atoms with Crippen LogP contribution in [0, 0.1) is 0 Å². The third kappa shape index (κ3) is 4.14. The van der Waals surface area contributed by atoms with Crippen molar-refractivity contribution in [2.75, 3.05) is 32.1 Å². The fraction of sp³-hybridized carbons (Fsp3) is 0.444. The van der Waals surface area contributed by atoms with Crippen LogP contribution in [0.25, 0.3) is 10.9 Å². The number of carbonyl (C=O) groups excluding carboxylic acids is 2. The highest BCUT2D eigenvalue weighted by Crippen LogP contribution is 2.30. The summed E-state index contributed by atoms with van der Waals surface area (Å²) in [7, 11) is 1.31. The number of halogens is 1. The molecule has 1 fully saturated rings. The van der Waals surface area contributed by atoms with Gasteiger partial charge in [-0.05, 0) is 37.5 Å². The maximum absolute atomic E-state index is 12.4. The highest BCUT2D eigenvalue weighted by molar-refractivity contribution is 6.31. The van der Waals surface area contributed by atoms with E-state index in [4.69, 9.17) is 16.3 Å². The molecule has 3 N–H and O–H groups in total. The zero-order valence-corrected chi connectivity index (χ0v) is 15.0. The lowest BCUT2D eigenvalue weighted by molar-refractivity contribution is -0.904. The normalized spacial score (nSPS) is 15.3. The van der Waals surface area contributed by atoms with E-state index in [2.05, 4.69) is 10.3 Å². The molecule has 134 valence electrons. The summed E-state index contributed by atoms with van der Waals surface area (Å²) < 4.78 is 4.81. The lowest BCUT2D eigenvalue weighted by Gasteiger charge is -2.23. The topological polar surface area (TPSA) is 75.6 Å². The SMILES string of the molecule is COC(=O)c1[nH]c2ccc(Cl)cc2c1NC(=O)CC[NH+]1CCCCC1. The van der Waals surface area contributed by atoms with Crippen molar-refractivity contribution in [1.29, 1.82) is 0 Å². The van der Waals surface area contributed by atoms with E-state index in [1.807, 2.05) is 0 Å². The van der Waals surface area contributed by atoms with E-state index >= 15 is 0 Å². The fourth-order valence-electron chi connectivity index (χ4n) is 3.34. The molecule has 1 saturated heterocycles. The van der Waals surface area contributed by atoms with Crippen LogP contribution < -0.4 is 10.2 Å². The zero-order chi connectivity index (χ0) is 17.8. The molecule has 0 spiro atoms. The van der Waals surface area contributed by atoms with Crippen LogP contribution in [-0.2, 0) is 9.53 Å². The van der Waals surface area contributed by atoms with Crippen LogP contribution in [0.15, 0.2) is 18.2 Å². The summed E-state index contributed by atoms with van der Waals surface area (Å²) in [5, 5.41) is 4.11. The molecular formula is C18H23ClN3O3+. The first-order valence-corrected chi connectivity index (χ1v) is 8.99. The van der Waals surface area contributed by atoms with Crippen molar-refractivity contribution in [1.82, 2.24) is 4.98 Å². The first kappa shape index (κ1) is 17.8. The number of hydrogen-bond donors (Lipinski definition) is 3. The second-order valence-electron chi connectivity index (χ2n) is 6.42. The lowest BCUT2D eigenvalue weighted by atomic mass is 10.1. The molecule has 0 saturated carbocycles. The summed E-state index contributed by atoms with van der Waals surface area (Å²) in [6.07, 6.45) is 4.16. The maximum Gasteiger partial charge on any atom is 0.356 e. The molecule has 6 nitrogen and oxygen atoms in total. The number of nitrogens with one attached hydrogen (secondary N) is 3. The molecule has 7 heteroatoms. The summed E-state index contributed by atoms with van der Waals surface area (Å²) in [4.78, 5) is 28.9. The van der Waals surface area contributed by atoms with E-state index in [1.165, 1.54) is 31.3 Å². The molecule has 0 radical (unpaired) electrons. The molecule has 1 aromatic carbocycles. The summed E-state index contributed by atoms with van der Waals surface area (Å²) in [5.74, 6) is -0.631. The molecule has 1 aliphatic rings. The number of aromatic nitrogens is 1. The van der Waals surface area contributed by atoms with Gasteiger partial charge in [0.2, 0.25) is 5.91 Å². The van der Waals surface area contributed by atoms with Gasteiger partial charge in [0.1, 0.15) is 5.69 Å². The van der Waals surface area contributed by atoms with Crippen LogP contribution in [0.3, 0.4) is 0 Å². The van der Waals surface area contributed by atoms with Crippen molar-refractivity contribution < 1.29 is 19.2 Å². The van der Waals surface area contributed by atoms with Gasteiger partial charge >= 0.3 is 5.97 Å². The van der Waals surface area contributed by atoms with Gasteiger partial charge in [0.05, 0.1) is 38.9 Å². The number of ether oxygens (including phenoxy) is 1. The Kier molecular flexibility index (Phi) is 5.60. The average molecular weight is 365 g/mol. The highest BCUT2D eigenvalue weighted by atomic mass is 35.5. The molecule has 2 aromatic rings. The van der Waals surface area contributed by atoms with Gasteiger partial charge in [0.15, 0.2) is 0 Å². The molecule has 1 amide bonds. The summed E-state index contributed by atoms with van der Waals surface area (Å²) in [6, 6.07) is 5.23. The predicted molar refractivity (Wildman–Crippen MR) is 97.3 cm³/mol. The lowest BCUT2D eigenvalue weighted by Crippen LogP contribution is -3.12. The van der Waals surface area contributed by atoms with Gasteiger partial charge in [-0.1, -0.05) is 11.6 Å². The van der Waals surface area contributed by atoms with E-state index in [1.54, 1.807) is 18.2 Å². The molecule has 2 heterocycles. The zero-order valence-electron chi connectivity index (χ0n) is 14.3. The minimum absolute atomic E-state index is 0.107. The predicted octanol–water partition coefficient (Wildman–Crippen LogP) is 2.01. The van der Waals surface area contributed by atoms with E-state index < -0.39 is 5.97 Å². The Morgan fingerprint density at radius 1 is 1.28 bits per heavy atom. The molecule has 3 rings (SSSR count). The molecule has 1 aliphatic heterocycles. The number of carbonyl (C=O) groups is 2. The van der Waals surface area contributed by atoms with Crippen molar-refractivity contribution in [3.8, 4) is 0 Å². The Morgan fingerprint density at radius 2 is 2.04 bits per heavy atom. The molecule has 0 bridgehead atoms. The molecule has 0 aliphatic carbocycles. The number of likely N-dealkylation sites (tertiary alicyclic amines) is 1. The smallest absolute Gasteiger partial charge is 0.356 e. The van der Waals surface area contributed by atoms with E-state index in [9.17, 15) is 9.59 Å². The number of fused-ring (bicyclic) bond motifs is 1. The third-order valence-corrected chi connectivity index (χ3v) is 4.92. The van der Waals surface area contributed by atoms with E-state index in [0.29, 0.717) is 22.5 Å². The molecule has 0 atom stereocenters. The van der Waals surface area contributed by atoms with Gasteiger partial charge < -0.3 is 19.9 Å². The molecular weight excluding hydrogens is 342 g/mol. The van der Waals surface area contributed by atoms with Crippen molar-refractivity contribution in [3.05, 3.63) is 28.9 Å². The number of hydrogen-bond acceptors (Lipinski definition) is 3. The van der Waals surface area contributed by atoms with Gasteiger partial charge in [-0.15, -0.1) is 0 Å². The van der Waals surface area contributed by atoms with Crippen molar-refractivity contribution in [2.24, 2.45) is 0 Å². The Balaban J connectivity index is 1.77. The maximum atomic E-state index is 12.4. The Morgan fingerprint density at radius 3 is 2.76 bits per heavy atom. The molecule has 0 unspecified atom stereocenters.